The van der Waals surface area contributed by atoms with Crippen molar-refractivity contribution in [1.29, 1.82) is 0 Å². The third-order valence-electron chi connectivity index (χ3n) is 0.760. The van der Waals surface area contributed by atoms with Crippen LogP contribution in [-0.4, -0.2) is 23.2 Å². The van der Waals surface area contributed by atoms with Gasteiger partial charge in [0.05, 0.1) is 11.7 Å². The van der Waals surface area contributed by atoms with E-state index in [1.54, 1.807) is 0 Å². The topological polar surface area (TPSA) is 12.4 Å². The maximum Gasteiger partial charge on any atom is 0.0585 e. The van der Waals surface area contributed by atoms with Gasteiger partial charge in [-0.15, -0.1) is 0 Å². The molecule has 0 aromatic carbocycles. The first-order chi connectivity index (χ1) is 4.41. The Hall–Kier alpha value is 0.150. The summed E-state index contributed by atoms with van der Waals surface area (Å²) in [7, 11) is 0. The molecular weight excluding hydrogens is 150 g/mol. The molecule has 0 radical (unpaired) electrons. The van der Waals surface area contributed by atoms with Crippen molar-refractivity contribution in [1.82, 2.24) is 0 Å². The third kappa shape index (κ3) is 8.15. The Balaban J connectivity index is 2.82. The minimum atomic E-state index is 0.828. The van der Waals surface area contributed by atoms with E-state index in [0.29, 0.717) is 0 Å². The Kier molecular flexibility index (Phi) is 8.29. The monoisotopic (exact) mass is 161 g/mol. The van der Waals surface area contributed by atoms with E-state index in [-0.39, 0.29) is 0 Å². The van der Waals surface area contributed by atoms with Crippen LogP contribution in [0.1, 0.15) is 13.3 Å². The molecule has 0 aliphatic rings. The molecule has 0 amide bonds. The molecule has 0 N–H and O–H groups in total. The van der Waals surface area contributed by atoms with Gasteiger partial charge in [-0.1, -0.05) is 6.92 Å². The molecule has 0 atom stereocenters. The molecule has 0 aromatic heterocycles. The van der Waals surface area contributed by atoms with Crippen LogP contribution < -0.4 is 0 Å². The first kappa shape index (κ1) is 9.15. The minimum Gasteiger partial charge on any atom is -0.232 e. The highest BCUT2D eigenvalue weighted by molar-refractivity contribution is 7.99. The molecule has 0 heterocycles. The van der Waals surface area contributed by atoms with Crippen LogP contribution >= 0.6 is 24.0 Å². The molecule has 9 heavy (non-hydrogen) atoms. The molecule has 52 valence electrons. The summed E-state index contributed by atoms with van der Waals surface area (Å²) in [6.07, 6.45) is 1.24. The van der Waals surface area contributed by atoms with Crippen molar-refractivity contribution in [3.05, 3.63) is 0 Å². The predicted molar refractivity (Wildman–Crippen MR) is 47.5 cm³/mol. The normalized spacial score (nSPS) is 8.56. The van der Waals surface area contributed by atoms with Gasteiger partial charge in [-0.2, -0.15) is 11.8 Å². The van der Waals surface area contributed by atoms with Gasteiger partial charge in [-0.05, 0) is 24.4 Å². The van der Waals surface area contributed by atoms with Crippen molar-refractivity contribution in [3.63, 3.8) is 0 Å². The van der Waals surface area contributed by atoms with Gasteiger partial charge in [0.15, 0.2) is 0 Å². The minimum absolute atomic E-state index is 0.828. The highest BCUT2D eigenvalue weighted by Gasteiger charge is 1.82. The van der Waals surface area contributed by atoms with Gasteiger partial charge in [0.2, 0.25) is 0 Å². The van der Waals surface area contributed by atoms with E-state index in [1.807, 2.05) is 11.8 Å². The van der Waals surface area contributed by atoms with Gasteiger partial charge < -0.3 is 0 Å². The fourth-order valence-corrected chi connectivity index (χ4v) is 1.21. The van der Waals surface area contributed by atoms with Crippen LogP contribution in [0.4, 0.5) is 0 Å². The molecule has 0 aromatic rings. The van der Waals surface area contributed by atoms with Crippen LogP contribution in [0.2, 0.25) is 0 Å². The summed E-state index contributed by atoms with van der Waals surface area (Å²) >= 11 is 6.32. The number of hydrogen-bond donors (Lipinski definition) is 0. The third-order valence-corrected chi connectivity index (χ3v) is 2.06. The fourth-order valence-electron chi connectivity index (χ4n) is 0.402. The zero-order valence-electron chi connectivity index (χ0n) is 5.59. The maximum absolute atomic E-state index is 4.40. The first-order valence-electron chi connectivity index (χ1n) is 3.03. The Morgan fingerprint density at radius 1 is 1.56 bits per heavy atom. The molecule has 0 aliphatic carbocycles. The Morgan fingerprint density at radius 2 is 2.33 bits per heavy atom. The summed E-state index contributed by atoms with van der Waals surface area (Å²) in [5.41, 5.74) is 0. The molecular formula is C6H11NS2. The average molecular weight is 161 g/mol. The Labute approximate surface area is 65.9 Å². The van der Waals surface area contributed by atoms with Crippen LogP contribution in [0, 0.1) is 0 Å². The summed E-state index contributed by atoms with van der Waals surface area (Å²) in [5, 5.41) is 2.34. The van der Waals surface area contributed by atoms with E-state index >= 15 is 0 Å². The molecule has 1 nitrogen and oxygen atoms in total. The molecule has 0 aliphatic heterocycles. The van der Waals surface area contributed by atoms with Crippen LogP contribution in [-0.2, 0) is 0 Å². The number of isothiocyanates is 1. The number of thioether (sulfide) groups is 1. The molecule has 0 rings (SSSR count). The zero-order valence-corrected chi connectivity index (χ0v) is 7.23. The highest BCUT2D eigenvalue weighted by atomic mass is 32.2. The summed E-state index contributed by atoms with van der Waals surface area (Å²) < 4.78 is 0. The van der Waals surface area contributed by atoms with E-state index in [0.717, 1.165) is 12.3 Å². The van der Waals surface area contributed by atoms with Crippen molar-refractivity contribution in [2.24, 2.45) is 4.99 Å². The summed E-state index contributed by atoms with van der Waals surface area (Å²) in [5.74, 6) is 2.31. The quantitative estimate of drug-likeness (QED) is 0.348. The van der Waals surface area contributed by atoms with Gasteiger partial charge in [-0.25, -0.2) is 4.99 Å². The molecule has 3 heteroatoms. The second-order valence-corrected chi connectivity index (χ2v) is 2.99. The average Bonchev–Trinajstić information content (AvgIpc) is 1.89. The van der Waals surface area contributed by atoms with Crippen molar-refractivity contribution in [2.45, 2.75) is 13.3 Å². The molecule has 0 spiro atoms. The lowest BCUT2D eigenvalue weighted by Crippen LogP contribution is -1.85. The second kappa shape index (κ2) is 8.15. The predicted octanol–water partition coefficient (Wildman–Crippen LogP) is 2.23. The van der Waals surface area contributed by atoms with Gasteiger partial charge >= 0.3 is 0 Å². The number of hydrogen-bond acceptors (Lipinski definition) is 3. The molecule has 0 fully saturated rings. The molecule has 0 saturated carbocycles. The lowest BCUT2D eigenvalue weighted by atomic mass is 10.6. The van der Waals surface area contributed by atoms with E-state index < -0.39 is 0 Å². The lowest BCUT2D eigenvalue weighted by Gasteiger charge is -1.91. The molecule has 0 saturated heterocycles. The van der Waals surface area contributed by atoms with E-state index in [9.17, 15) is 0 Å². The van der Waals surface area contributed by atoms with Crippen molar-refractivity contribution in [2.75, 3.05) is 18.1 Å². The zero-order chi connectivity index (χ0) is 6.95. The summed E-state index contributed by atoms with van der Waals surface area (Å²) in [4.78, 5) is 3.79. The van der Waals surface area contributed by atoms with E-state index in [4.69, 9.17) is 0 Å². The maximum atomic E-state index is 4.40. The SMILES string of the molecule is CCCSCCN=C=S. The second-order valence-electron chi connectivity index (χ2n) is 1.59. The number of thiocarbonyl (C=S) groups is 1. The summed E-state index contributed by atoms with van der Waals surface area (Å²) in [6.45, 7) is 3.00. The van der Waals surface area contributed by atoms with Crippen molar-refractivity contribution >= 4 is 29.1 Å². The molecule has 0 bridgehead atoms. The highest BCUT2D eigenvalue weighted by Crippen LogP contribution is 2.00. The number of nitrogens with zero attached hydrogens (tertiary/aromatic N) is 1. The number of rotatable bonds is 5. The standard InChI is InChI=1S/C6H11NS2/c1-2-4-9-5-3-7-6-8/h2-5H2,1H3. The van der Waals surface area contributed by atoms with Crippen molar-refractivity contribution < 1.29 is 0 Å². The van der Waals surface area contributed by atoms with E-state index in [1.165, 1.54) is 12.2 Å². The van der Waals surface area contributed by atoms with Crippen LogP contribution in [0.15, 0.2) is 4.99 Å². The fraction of sp³-hybridized carbons (Fsp3) is 0.833. The Morgan fingerprint density at radius 3 is 2.89 bits per heavy atom. The van der Waals surface area contributed by atoms with Crippen molar-refractivity contribution in [3.8, 4) is 0 Å². The first-order valence-corrected chi connectivity index (χ1v) is 4.59. The lowest BCUT2D eigenvalue weighted by molar-refractivity contribution is 1.09. The van der Waals surface area contributed by atoms with Gasteiger partial charge in [0.1, 0.15) is 0 Å². The molecule has 0 unspecified atom stereocenters. The van der Waals surface area contributed by atoms with Crippen LogP contribution in [0.3, 0.4) is 0 Å². The van der Waals surface area contributed by atoms with Gasteiger partial charge in [0.25, 0.3) is 0 Å². The van der Waals surface area contributed by atoms with Crippen LogP contribution in [0.25, 0.3) is 0 Å². The van der Waals surface area contributed by atoms with E-state index in [2.05, 4.69) is 29.3 Å². The smallest absolute Gasteiger partial charge is 0.0585 e. The van der Waals surface area contributed by atoms with Gasteiger partial charge in [0, 0.05) is 5.75 Å². The Bertz CT molecular complexity index is 97.2. The van der Waals surface area contributed by atoms with Gasteiger partial charge in [-0.3, -0.25) is 0 Å². The number of aliphatic imine (C=N–C) groups is 1. The summed E-state index contributed by atoms with van der Waals surface area (Å²) in [6, 6.07) is 0. The van der Waals surface area contributed by atoms with Crippen LogP contribution in [0.5, 0.6) is 0 Å². The largest absolute Gasteiger partial charge is 0.232 e.